The predicted molar refractivity (Wildman–Crippen MR) is 65.1 cm³/mol. The number of aryl methyl sites for hydroxylation is 1. The summed E-state index contributed by atoms with van der Waals surface area (Å²) in [5, 5.41) is 4.24. The van der Waals surface area contributed by atoms with E-state index >= 15 is 0 Å². The highest BCUT2D eigenvalue weighted by Crippen LogP contribution is 2.26. The van der Waals surface area contributed by atoms with Crippen molar-refractivity contribution in [1.29, 1.82) is 0 Å². The van der Waals surface area contributed by atoms with E-state index in [9.17, 15) is 0 Å². The van der Waals surface area contributed by atoms with Gasteiger partial charge in [0, 0.05) is 12.7 Å². The van der Waals surface area contributed by atoms with Crippen molar-refractivity contribution in [3.05, 3.63) is 41.0 Å². The zero-order valence-corrected chi connectivity index (χ0v) is 9.77. The fourth-order valence-electron chi connectivity index (χ4n) is 1.39. The first kappa shape index (κ1) is 10.3. The van der Waals surface area contributed by atoms with Crippen molar-refractivity contribution in [2.75, 3.05) is 7.05 Å². The van der Waals surface area contributed by atoms with Gasteiger partial charge in [0.25, 0.3) is 0 Å². The van der Waals surface area contributed by atoms with Crippen molar-refractivity contribution in [2.45, 2.75) is 13.5 Å². The number of nitrogens with zero attached hydrogens (tertiary/aromatic N) is 1. The van der Waals surface area contributed by atoms with Gasteiger partial charge in [-0.05, 0) is 19.5 Å². The summed E-state index contributed by atoms with van der Waals surface area (Å²) in [7, 11) is 1.94. The summed E-state index contributed by atoms with van der Waals surface area (Å²) in [4.78, 5) is 5.60. The smallest absolute Gasteiger partial charge is 0.107 e. The SMILES string of the molecule is CNCc1ncc(-c2ccc(C)cc2)s1. The summed E-state index contributed by atoms with van der Waals surface area (Å²) in [5.74, 6) is 0. The fourth-order valence-corrected chi connectivity index (χ4v) is 2.33. The van der Waals surface area contributed by atoms with Crippen LogP contribution >= 0.6 is 11.3 Å². The minimum absolute atomic E-state index is 0.844. The number of nitrogens with one attached hydrogen (secondary N) is 1. The van der Waals surface area contributed by atoms with Crippen LogP contribution in [0.25, 0.3) is 10.4 Å². The van der Waals surface area contributed by atoms with Gasteiger partial charge in [0.1, 0.15) is 5.01 Å². The number of aromatic nitrogens is 1. The zero-order valence-electron chi connectivity index (χ0n) is 8.95. The van der Waals surface area contributed by atoms with Crippen LogP contribution in [0.4, 0.5) is 0 Å². The molecule has 0 saturated heterocycles. The molecule has 0 spiro atoms. The van der Waals surface area contributed by atoms with Gasteiger partial charge < -0.3 is 5.32 Å². The number of hydrogen-bond acceptors (Lipinski definition) is 3. The number of rotatable bonds is 3. The summed E-state index contributed by atoms with van der Waals surface area (Å²) in [6.45, 7) is 2.94. The standard InChI is InChI=1S/C12H14N2S/c1-9-3-5-10(6-4-9)11-7-14-12(15-11)8-13-2/h3-7,13H,8H2,1-2H3. The topological polar surface area (TPSA) is 24.9 Å². The highest BCUT2D eigenvalue weighted by Gasteiger charge is 2.02. The summed E-state index contributed by atoms with van der Waals surface area (Å²) >= 11 is 1.74. The molecule has 1 heterocycles. The number of benzene rings is 1. The van der Waals surface area contributed by atoms with Crippen molar-refractivity contribution < 1.29 is 0 Å². The molecule has 0 atom stereocenters. The summed E-state index contributed by atoms with van der Waals surface area (Å²) in [6, 6.07) is 8.55. The molecule has 2 rings (SSSR count). The van der Waals surface area contributed by atoms with Crippen molar-refractivity contribution in [2.24, 2.45) is 0 Å². The zero-order chi connectivity index (χ0) is 10.7. The van der Waals surface area contributed by atoms with Crippen LogP contribution in [0.5, 0.6) is 0 Å². The Morgan fingerprint density at radius 1 is 1.27 bits per heavy atom. The highest BCUT2D eigenvalue weighted by atomic mass is 32.1. The van der Waals surface area contributed by atoms with E-state index in [1.165, 1.54) is 16.0 Å². The second-order valence-electron chi connectivity index (χ2n) is 3.51. The quantitative estimate of drug-likeness (QED) is 0.857. The minimum atomic E-state index is 0.844. The monoisotopic (exact) mass is 218 g/mol. The van der Waals surface area contributed by atoms with E-state index in [0.717, 1.165) is 11.6 Å². The molecule has 2 aromatic rings. The molecule has 1 aromatic carbocycles. The summed E-state index contributed by atoms with van der Waals surface area (Å²) in [6.07, 6.45) is 1.95. The van der Waals surface area contributed by atoms with Crippen LogP contribution in [0.1, 0.15) is 10.6 Å². The van der Waals surface area contributed by atoms with E-state index in [0.29, 0.717) is 0 Å². The Balaban J connectivity index is 2.25. The molecule has 2 nitrogen and oxygen atoms in total. The lowest BCUT2D eigenvalue weighted by Gasteiger charge is -1.96. The first-order chi connectivity index (χ1) is 7.29. The number of hydrogen-bond donors (Lipinski definition) is 1. The first-order valence-electron chi connectivity index (χ1n) is 4.96. The van der Waals surface area contributed by atoms with E-state index in [1.807, 2.05) is 13.2 Å². The second kappa shape index (κ2) is 4.55. The van der Waals surface area contributed by atoms with E-state index in [1.54, 1.807) is 11.3 Å². The van der Waals surface area contributed by atoms with Gasteiger partial charge in [0.15, 0.2) is 0 Å². The van der Waals surface area contributed by atoms with Crippen molar-refractivity contribution in [1.82, 2.24) is 10.3 Å². The Morgan fingerprint density at radius 2 is 2.00 bits per heavy atom. The van der Waals surface area contributed by atoms with E-state index in [4.69, 9.17) is 0 Å². The molecule has 0 amide bonds. The van der Waals surface area contributed by atoms with Crippen molar-refractivity contribution in [3.8, 4) is 10.4 Å². The first-order valence-corrected chi connectivity index (χ1v) is 5.77. The molecule has 78 valence electrons. The fraction of sp³-hybridized carbons (Fsp3) is 0.250. The Bertz CT molecular complexity index is 431. The van der Waals surface area contributed by atoms with Gasteiger partial charge >= 0.3 is 0 Å². The lowest BCUT2D eigenvalue weighted by molar-refractivity contribution is 0.810. The average molecular weight is 218 g/mol. The van der Waals surface area contributed by atoms with Gasteiger partial charge in [0.05, 0.1) is 4.88 Å². The molecule has 0 saturated carbocycles. The van der Waals surface area contributed by atoms with Gasteiger partial charge in [0.2, 0.25) is 0 Å². The van der Waals surface area contributed by atoms with E-state index in [-0.39, 0.29) is 0 Å². The van der Waals surface area contributed by atoms with Crippen LogP contribution in [0.2, 0.25) is 0 Å². The predicted octanol–water partition coefficient (Wildman–Crippen LogP) is 2.84. The van der Waals surface area contributed by atoms with Crippen LogP contribution in [0.3, 0.4) is 0 Å². The third-order valence-corrected chi connectivity index (χ3v) is 3.26. The molecule has 0 aliphatic carbocycles. The third-order valence-electron chi connectivity index (χ3n) is 2.22. The van der Waals surface area contributed by atoms with E-state index in [2.05, 4.69) is 41.5 Å². The minimum Gasteiger partial charge on any atom is -0.314 e. The maximum absolute atomic E-state index is 4.36. The highest BCUT2D eigenvalue weighted by molar-refractivity contribution is 7.15. The van der Waals surface area contributed by atoms with Crippen LogP contribution in [0.15, 0.2) is 30.5 Å². The maximum atomic E-state index is 4.36. The van der Waals surface area contributed by atoms with Crippen molar-refractivity contribution >= 4 is 11.3 Å². The maximum Gasteiger partial charge on any atom is 0.107 e. The van der Waals surface area contributed by atoms with Gasteiger partial charge in [-0.1, -0.05) is 29.8 Å². The molecule has 0 bridgehead atoms. The second-order valence-corrected chi connectivity index (χ2v) is 4.63. The van der Waals surface area contributed by atoms with Crippen LogP contribution < -0.4 is 5.32 Å². The molecular weight excluding hydrogens is 204 g/mol. The lowest BCUT2D eigenvalue weighted by Crippen LogP contribution is -2.03. The van der Waals surface area contributed by atoms with Gasteiger partial charge in [-0.3, -0.25) is 0 Å². The molecule has 3 heteroatoms. The van der Waals surface area contributed by atoms with Crippen LogP contribution in [-0.2, 0) is 6.54 Å². The van der Waals surface area contributed by atoms with Gasteiger partial charge in [-0.15, -0.1) is 11.3 Å². The molecule has 0 aliphatic rings. The lowest BCUT2D eigenvalue weighted by atomic mass is 10.1. The Morgan fingerprint density at radius 3 is 2.67 bits per heavy atom. The van der Waals surface area contributed by atoms with Gasteiger partial charge in [-0.25, -0.2) is 4.98 Å². The Hall–Kier alpha value is -1.19. The molecule has 1 N–H and O–H groups in total. The largest absolute Gasteiger partial charge is 0.314 e. The molecule has 0 aliphatic heterocycles. The molecule has 0 unspecified atom stereocenters. The van der Waals surface area contributed by atoms with Crippen molar-refractivity contribution in [3.63, 3.8) is 0 Å². The summed E-state index contributed by atoms with van der Waals surface area (Å²) in [5.41, 5.74) is 2.54. The normalized spacial score (nSPS) is 10.5. The van der Waals surface area contributed by atoms with Gasteiger partial charge in [-0.2, -0.15) is 0 Å². The van der Waals surface area contributed by atoms with Crippen LogP contribution in [-0.4, -0.2) is 12.0 Å². The summed E-state index contributed by atoms with van der Waals surface area (Å²) < 4.78 is 0. The third kappa shape index (κ3) is 2.43. The van der Waals surface area contributed by atoms with E-state index < -0.39 is 0 Å². The molecule has 1 aromatic heterocycles. The molecule has 0 fully saturated rings. The Kier molecular flexibility index (Phi) is 3.14. The molecule has 15 heavy (non-hydrogen) atoms. The molecule has 0 radical (unpaired) electrons. The van der Waals surface area contributed by atoms with Crippen LogP contribution in [0, 0.1) is 6.92 Å². The molecular formula is C12H14N2S. The Labute approximate surface area is 94.0 Å². The number of thiazole rings is 1. The average Bonchev–Trinajstić information content (AvgIpc) is 2.68.